The van der Waals surface area contributed by atoms with Crippen LogP contribution in [-0.4, -0.2) is 69.5 Å². The lowest BCUT2D eigenvalue weighted by atomic mass is 9.97. The average molecular weight is 409 g/mol. The second-order valence-corrected chi connectivity index (χ2v) is 8.69. The van der Waals surface area contributed by atoms with E-state index in [-0.39, 0.29) is 0 Å². The largest absolute Gasteiger partial charge is 0.379 e. The van der Waals surface area contributed by atoms with Crippen molar-refractivity contribution in [2.45, 2.75) is 45.3 Å². The Morgan fingerprint density at radius 2 is 2.21 bits per heavy atom. The fourth-order valence-electron chi connectivity index (χ4n) is 3.69. The van der Waals surface area contributed by atoms with Gasteiger partial charge in [0.25, 0.3) is 0 Å². The van der Waals surface area contributed by atoms with Gasteiger partial charge in [-0.15, -0.1) is 11.3 Å². The Morgan fingerprint density at radius 1 is 1.32 bits per heavy atom. The Labute approximate surface area is 173 Å². The maximum atomic E-state index is 5.82. The molecule has 0 spiro atoms. The Balaban J connectivity index is 1.30. The zero-order valence-corrected chi connectivity index (χ0v) is 18.0. The summed E-state index contributed by atoms with van der Waals surface area (Å²) in [5, 5.41) is 8.97. The lowest BCUT2D eigenvalue weighted by molar-refractivity contribution is 0.0420. The number of hydrogen-bond acceptors (Lipinski definition) is 5. The number of likely N-dealkylation sites (tertiary alicyclic amines) is 1. The van der Waals surface area contributed by atoms with E-state index in [1.165, 1.54) is 30.8 Å². The summed E-state index contributed by atoms with van der Waals surface area (Å²) in [6.45, 7) is 10.7. The third kappa shape index (κ3) is 7.70. The number of guanidine groups is 1. The minimum atomic E-state index is 0.299. The van der Waals surface area contributed by atoms with Crippen LogP contribution >= 0.6 is 11.3 Å². The number of aliphatic imine (C=N–C) groups is 1. The minimum absolute atomic E-state index is 0.299. The van der Waals surface area contributed by atoms with Gasteiger partial charge in [-0.1, -0.05) is 6.07 Å². The first-order valence-electron chi connectivity index (χ1n) is 10.8. The van der Waals surface area contributed by atoms with E-state index in [2.05, 4.69) is 40.0 Å². The van der Waals surface area contributed by atoms with E-state index in [0.29, 0.717) is 12.0 Å². The predicted octanol–water partition coefficient (Wildman–Crippen LogP) is 2.71. The number of piperidine rings is 1. The van der Waals surface area contributed by atoms with Gasteiger partial charge in [0.05, 0.1) is 12.7 Å². The van der Waals surface area contributed by atoms with Crippen molar-refractivity contribution in [1.82, 2.24) is 15.5 Å². The second-order valence-electron chi connectivity index (χ2n) is 7.66. The molecule has 1 aromatic heterocycles. The van der Waals surface area contributed by atoms with Gasteiger partial charge in [-0.25, -0.2) is 0 Å². The predicted molar refractivity (Wildman–Crippen MR) is 116 cm³/mol. The minimum Gasteiger partial charge on any atom is -0.379 e. The van der Waals surface area contributed by atoms with Crippen molar-refractivity contribution in [3.8, 4) is 0 Å². The molecule has 7 heteroatoms. The summed E-state index contributed by atoms with van der Waals surface area (Å²) in [5.74, 6) is 1.63. The molecule has 2 N–H and O–H groups in total. The third-order valence-corrected chi connectivity index (χ3v) is 6.23. The zero-order valence-electron chi connectivity index (χ0n) is 17.2. The lowest BCUT2D eigenvalue weighted by Crippen LogP contribution is -2.39. The molecule has 0 bridgehead atoms. The van der Waals surface area contributed by atoms with Crippen LogP contribution in [0.3, 0.4) is 0 Å². The highest BCUT2D eigenvalue weighted by Gasteiger charge is 2.19. The van der Waals surface area contributed by atoms with E-state index in [0.717, 1.165) is 64.8 Å². The third-order valence-electron chi connectivity index (χ3n) is 5.37. The Bertz CT molecular complexity index is 553. The van der Waals surface area contributed by atoms with Crippen molar-refractivity contribution in [1.29, 1.82) is 0 Å². The SMILES string of the molecule is CCNC(=NCC1CCN(Cc2cccs2)CC1)NCCCOC1CCOC1. The molecule has 3 rings (SSSR count). The van der Waals surface area contributed by atoms with Crippen molar-refractivity contribution < 1.29 is 9.47 Å². The van der Waals surface area contributed by atoms with E-state index < -0.39 is 0 Å². The van der Waals surface area contributed by atoms with Crippen LogP contribution in [0.25, 0.3) is 0 Å². The standard InChI is InChI=1S/C21H36N4O2S/c1-2-22-21(23-9-4-12-27-19-8-13-26-17-19)24-15-18-6-10-25(11-7-18)16-20-5-3-14-28-20/h3,5,14,18-19H,2,4,6-13,15-17H2,1H3,(H2,22,23,24). The number of rotatable bonds is 10. The molecule has 158 valence electrons. The van der Waals surface area contributed by atoms with Gasteiger partial charge in [-0.3, -0.25) is 9.89 Å². The molecule has 2 fully saturated rings. The molecule has 1 unspecified atom stereocenters. The summed E-state index contributed by atoms with van der Waals surface area (Å²) >= 11 is 1.86. The van der Waals surface area contributed by atoms with Crippen molar-refractivity contribution in [2.75, 3.05) is 52.5 Å². The van der Waals surface area contributed by atoms with Gasteiger partial charge in [0.1, 0.15) is 0 Å². The second kappa shape index (κ2) is 12.4. The Morgan fingerprint density at radius 3 is 2.93 bits per heavy atom. The van der Waals surface area contributed by atoms with Crippen molar-refractivity contribution >= 4 is 17.3 Å². The molecule has 28 heavy (non-hydrogen) atoms. The Kier molecular flexibility index (Phi) is 9.56. The van der Waals surface area contributed by atoms with Gasteiger partial charge >= 0.3 is 0 Å². The molecule has 2 saturated heterocycles. The molecule has 0 aliphatic carbocycles. The van der Waals surface area contributed by atoms with Crippen LogP contribution in [0.4, 0.5) is 0 Å². The number of thiophene rings is 1. The van der Waals surface area contributed by atoms with E-state index in [1.54, 1.807) is 0 Å². The fourth-order valence-corrected chi connectivity index (χ4v) is 4.43. The molecule has 2 aliphatic rings. The molecule has 0 aromatic carbocycles. The quantitative estimate of drug-likeness (QED) is 0.354. The number of nitrogens with one attached hydrogen (secondary N) is 2. The molecule has 3 heterocycles. The molecular weight excluding hydrogens is 372 g/mol. The molecule has 1 aromatic rings. The Hall–Kier alpha value is -1.15. The fraction of sp³-hybridized carbons (Fsp3) is 0.762. The van der Waals surface area contributed by atoms with Gasteiger partial charge in [0.15, 0.2) is 5.96 Å². The van der Waals surface area contributed by atoms with Crippen LogP contribution in [0.5, 0.6) is 0 Å². The van der Waals surface area contributed by atoms with E-state index in [9.17, 15) is 0 Å². The topological polar surface area (TPSA) is 58.1 Å². The highest BCUT2D eigenvalue weighted by Crippen LogP contribution is 2.20. The van der Waals surface area contributed by atoms with Crippen LogP contribution < -0.4 is 10.6 Å². The maximum Gasteiger partial charge on any atom is 0.191 e. The summed E-state index contributed by atoms with van der Waals surface area (Å²) in [4.78, 5) is 8.88. The zero-order chi connectivity index (χ0) is 19.4. The van der Waals surface area contributed by atoms with Gasteiger partial charge in [-0.2, -0.15) is 0 Å². The van der Waals surface area contributed by atoms with E-state index in [4.69, 9.17) is 14.5 Å². The molecule has 6 nitrogen and oxygen atoms in total. The summed E-state index contributed by atoms with van der Waals surface area (Å²) in [6.07, 6.45) is 4.80. The van der Waals surface area contributed by atoms with Gasteiger partial charge in [0.2, 0.25) is 0 Å². The molecule has 2 aliphatic heterocycles. The van der Waals surface area contributed by atoms with Gasteiger partial charge in [-0.05, 0) is 63.1 Å². The summed E-state index contributed by atoms with van der Waals surface area (Å²) in [7, 11) is 0. The summed E-state index contributed by atoms with van der Waals surface area (Å²) < 4.78 is 11.2. The monoisotopic (exact) mass is 408 g/mol. The average Bonchev–Trinajstić information content (AvgIpc) is 3.41. The van der Waals surface area contributed by atoms with E-state index in [1.807, 2.05) is 11.3 Å². The highest BCUT2D eigenvalue weighted by molar-refractivity contribution is 7.09. The summed E-state index contributed by atoms with van der Waals surface area (Å²) in [5.41, 5.74) is 0. The van der Waals surface area contributed by atoms with Crippen LogP contribution in [0.1, 0.15) is 37.5 Å². The van der Waals surface area contributed by atoms with Gasteiger partial charge in [0, 0.05) is 44.3 Å². The van der Waals surface area contributed by atoms with Crippen LogP contribution in [0.2, 0.25) is 0 Å². The molecule has 0 saturated carbocycles. The highest BCUT2D eigenvalue weighted by atomic mass is 32.1. The first-order valence-corrected chi connectivity index (χ1v) is 11.7. The number of hydrogen-bond donors (Lipinski definition) is 2. The molecule has 0 radical (unpaired) electrons. The van der Waals surface area contributed by atoms with Crippen molar-refractivity contribution in [3.63, 3.8) is 0 Å². The van der Waals surface area contributed by atoms with Crippen molar-refractivity contribution in [2.24, 2.45) is 10.9 Å². The normalized spacial score (nSPS) is 21.9. The smallest absolute Gasteiger partial charge is 0.191 e. The van der Waals surface area contributed by atoms with Crippen LogP contribution in [-0.2, 0) is 16.0 Å². The number of ether oxygens (including phenoxy) is 2. The first kappa shape index (κ1) is 21.6. The number of nitrogens with zero attached hydrogens (tertiary/aromatic N) is 2. The van der Waals surface area contributed by atoms with E-state index >= 15 is 0 Å². The molecular formula is C21H36N4O2S. The molecule has 1 atom stereocenters. The van der Waals surface area contributed by atoms with Crippen LogP contribution in [0.15, 0.2) is 22.5 Å². The van der Waals surface area contributed by atoms with Gasteiger partial charge < -0.3 is 20.1 Å². The maximum absolute atomic E-state index is 5.82. The molecule has 0 amide bonds. The first-order chi connectivity index (χ1) is 13.8. The lowest BCUT2D eigenvalue weighted by Gasteiger charge is -2.31. The van der Waals surface area contributed by atoms with Crippen LogP contribution in [0, 0.1) is 5.92 Å². The summed E-state index contributed by atoms with van der Waals surface area (Å²) in [6, 6.07) is 4.38. The van der Waals surface area contributed by atoms with Crippen molar-refractivity contribution in [3.05, 3.63) is 22.4 Å².